The minimum absolute atomic E-state index is 0.255. The third-order valence-corrected chi connectivity index (χ3v) is 3.14. The number of anilines is 1. The van der Waals surface area contributed by atoms with Gasteiger partial charge in [0.2, 0.25) is 0 Å². The lowest BCUT2D eigenvalue weighted by Crippen LogP contribution is -2.48. The van der Waals surface area contributed by atoms with E-state index in [0.29, 0.717) is 12.5 Å². The van der Waals surface area contributed by atoms with Crippen LogP contribution in [0.15, 0.2) is 18.2 Å². The summed E-state index contributed by atoms with van der Waals surface area (Å²) in [6.07, 6.45) is 0. The molecule has 0 atom stereocenters. The summed E-state index contributed by atoms with van der Waals surface area (Å²) in [6.45, 7) is 8.67. The Labute approximate surface area is 120 Å². The molecule has 0 saturated carbocycles. The molecule has 0 aliphatic heterocycles. The van der Waals surface area contributed by atoms with Crippen molar-refractivity contribution in [1.29, 1.82) is 5.41 Å². The van der Waals surface area contributed by atoms with Crippen molar-refractivity contribution in [2.24, 2.45) is 11.7 Å². The van der Waals surface area contributed by atoms with Gasteiger partial charge in [-0.2, -0.15) is 0 Å². The number of urea groups is 1. The van der Waals surface area contributed by atoms with E-state index >= 15 is 0 Å². The Hall–Kier alpha value is -2.04. The number of benzene rings is 1. The molecule has 0 bridgehead atoms. The van der Waals surface area contributed by atoms with Crippen molar-refractivity contribution in [1.82, 2.24) is 4.90 Å². The fourth-order valence-electron chi connectivity index (χ4n) is 2.15. The first kappa shape index (κ1) is 16.0. The van der Waals surface area contributed by atoms with E-state index in [1.807, 2.05) is 32.0 Å². The molecule has 0 unspecified atom stereocenters. The van der Waals surface area contributed by atoms with Gasteiger partial charge in [-0.25, -0.2) is 4.79 Å². The Morgan fingerprint density at radius 1 is 1.30 bits per heavy atom. The van der Waals surface area contributed by atoms with Crippen LogP contribution in [-0.2, 0) is 0 Å². The van der Waals surface area contributed by atoms with Crippen molar-refractivity contribution in [3.63, 3.8) is 0 Å². The number of nitrogens with two attached hydrogens (primary N) is 1. The van der Waals surface area contributed by atoms with Crippen LogP contribution in [-0.4, -0.2) is 30.5 Å². The van der Waals surface area contributed by atoms with Gasteiger partial charge in [0.15, 0.2) is 5.96 Å². The molecule has 0 aliphatic carbocycles. The summed E-state index contributed by atoms with van der Waals surface area (Å²) in [4.78, 5) is 15.4. The minimum atomic E-state index is -0.274. The number of guanidine groups is 1. The van der Waals surface area contributed by atoms with Crippen molar-refractivity contribution < 1.29 is 4.79 Å². The Kier molecular flexibility index (Phi) is 5.13. The zero-order chi connectivity index (χ0) is 15.4. The van der Waals surface area contributed by atoms with Gasteiger partial charge >= 0.3 is 6.03 Å². The SMILES string of the molecule is Cc1cccc(C)c1N(CC(C)C)C(=O)N(C)C(=N)N. The Balaban J connectivity index is 3.26. The van der Waals surface area contributed by atoms with Crippen LogP contribution in [0.1, 0.15) is 25.0 Å². The summed E-state index contributed by atoms with van der Waals surface area (Å²) < 4.78 is 0. The topological polar surface area (TPSA) is 73.4 Å². The largest absolute Gasteiger partial charge is 0.370 e. The minimum Gasteiger partial charge on any atom is -0.370 e. The van der Waals surface area contributed by atoms with Crippen LogP contribution < -0.4 is 10.6 Å². The number of para-hydroxylation sites is 1. The van der Waals surface area contributed by atoms with E-state index in [1.54, 1.807) is 4.90 Å². The monoisotopic (exact) mass is 276 g/mol. The van der Waals surface area contributed by atoms with Gasteiger partial charge in [0.25, 0.3) is 0 Å². The Morgan fingerprint density at radius 2 is 1.80 bits per heavy atom. The van der Waals surface area contributed by atoms with Crippen LogP contribution in [0.2, 0.25) is 0 Å². The average Bonchev–Trinajstić information content (AvgIpc) is 2.34. The fraction of sp³-hybridized carbons (Fsp3) is 0.467. The van der Waals surface area contributed by atoms with Gasteiger partial charge in [0.1, 0.15) is 0 Å². The van der Waals surface area contributed by atoms with E-state index in [9.17, 15) is 4.79 Å². The predicted octanol–water partition coefficient (Wildman–Crippen LogP) is 2.71. The van der Waals surface area contributed by atoms with E-state index < -0.39 is 0 Å². The molecule has 0 aromatic heterocycles. The van der Waals surface area contributed by atoms with E-state index in [1.165, 1.54) is 7.05 Å². The summed E-state index contributed by atoms with van der Waals surface area (Å²) in [5.74, 6) is 0.0632. The van der Waals surface area contributed by atoms with Gasteiger partial charge < -0.3 is 5.73 Å². The molecular formula is C15H24N4O. The third-order valence-electron chi connectivity index (χ3n) is 3.14. The molecule has 110 valence electrons. The molecule has 20 heavy (non-hydrogen) atoms. The molecule has 0 radical (unpaired) electrons. The number of carbonyl (C=O) groups excluding carboxylic acids is 1. The van der Waals surface area contributed by atoms with Gasteiger partial charge in [0.05, 0.1) is 5.69 Å². The van der Waals surface area contributed by atoms with E-state index in [4.69, 9.17) is 11.1 Å². The van der Waals surface area contributed by atoms with Gasteiger partial charge in [0, 0.05) is 13.6 Å². The van der Waals surface area contributed by atoms with Crippen LogP contribution >= 0.6 is 0 Å². The molecule has 0 fully saturated rings. The number of nitrogens with one attached hydrogen (secondary N) is 1. The number of hydrogen-bond donors (Lipinski definition) is 2. The second-order valence-electron chi connectivity index (χ2n) is 5.47. The van der Waals surface area contributed by atoms with Crippen molar-refractivity contribution in [2.45, 2.75) is 27.7 Å². The molecular weight excluding hydrogens is 252 g/mol. The van der Waals surface area contributed by atoms with Gasteiger partial charge in [-0.15, -0.1) is 0 Å². The zero-order valence-corrected chi connectivity index (χ0v) is 12.9. The second-order valence-corrected chi connectivity index (χ2v) is 5.47. The van der Waals surface area contributed by atoms with Crippen LogP contribution in [0.3, 0.4) is 0 Å². The van der Waals surface area contributed by atoms with Crippen LogP contribution in [0, 0.1) is 25.2 Å². The number of hydrogen-bond acceptors (Lipinski definition) is 2. The van der Waals surface area contributed by atoms with E-state index in [2.05, 4.69) is 13.8 Å². The lowest BCUT2D eigenvalue weighted by Gasteiger charge is -2.31. The first-order chi connectivity index (χ1) is 9.25. The zero-order valence-electron chi connectivity index (χ0n) is 12.9. The smallest absolute Gasteiger partial charge is 0.331 e. The molecule has 0 saturated heterocycles. The molecule has 1 aromatic rings. The molecule has 3 N–H and O–H groups in total. The highest BCUT2D eigenvalue weighted by Gasteiger charge is 2.24. The lowest BCUT2D eigenvalue weighted by molar-refractivity contribution is 0.231. The van der Waals surface area contributed by atoms with Gasteiger partial charge in [-0.1, -0.05) is 32.0 Å². The third kappa shape index (κ3) is 3.50. The normalized spacial score (nSPS) is 10.5. The van der Waals surface area contributed by atoms with Gasteiger partial charge in [-0.3, -0.25) is 15.2 Å². The molecule has 2 amide bonds. The van der Waals surface area contributed by atoms with Crippen molar-refractivity contribution in [3.8, 4) is 0 Å². The average molecular weight is 276 g/mol. The van der Waals surface area contributed by atoms with Crippen molar-refractivity contribution in [3.05, 3.63) is 29.3 Å². The number of aryl methyl sites for hydroxylation is 2. The maximum Gasteiger partial charge on any atom is 0.331 e. The van der Waals surface area contributed by atoms with Crippen LogP contribution in [0.4, 0.5) is 10.5 Å². The highest BCUT2D eigenvalue weighted by atomic mass is 16.2. The maximum atomic E-state index is 12.6. The summed E-state index contributed by atoms with van der Waals surface area (Å²) in [5, 5.41) is 7.43. The molecule has 0 aliphatic rings. The first-order valence-electron chi connectivity index (χ1n) is 6.71. The molecule has 0 spiro atoms. The standard InChI is InChI=1S/C15H24N4O/c1-10(2)9-19(15(20)18(5)14(16)17)13-11(3)7-6-8-12(13)4/h6-8,10H,9H2,1-5H3,(H3,16,17). The van der Waals surface area contributed by atoms with Crippen LogP contribution in [0.5, 0.6) is 0 Å². The first-order valence-corrected chi connectivity index (χ1v) is 6.71. The molecule has 5 nitrogen and oxygen atoms in total. The molecule has 5 heteroatoms. The Bertz CT molecular complexity index is 490. The highest BCUT2D eigenvalue weighted by molar-refractivity contribution is 6.02. The Morgan fingerprint density at radius 3 is 2.20 bits per heavy atom. The number of rotatable bonds is 3. The number of amides is 2. The van der Waals surface area contributed by atoms with Gasteiger partial charge in [-0.05, 0) is 30.9 Å². The highest BCUT2D eigenvalue weighted by Crippen LogP contribution is 2.26. The molecule has 0 heterocycles. The molecule has 1 rings (SSSR count). The second kappa shape index (κ2) is 6.41. The summed E-state index contributed by atoms with van der Waals surface area (Å²) >= 11 is 0. The maximum absolute atomic E-state index is 12.6. The predicted molar refractivity (Wildman–Crippen MR) is 83.2 cm³/mol. The number of carbonyl (C=O) groups is 1. The van der Waals surface area contributed by atoms with E-state index in [0.717, 1.165) is 21.7 Å². The van der Waals surface area contributed by atoms with Crippen molar-refractivity contribution >= 4 is 17.7 Å². The lowest BCUT2D eigenvalue weighted by atomic mass is 10.1. The number of nitrogens with zero attached hydrogens (tertiary/aromatic N) is 2. The quantitative estimate of drug-likeness (QED) is 0.658. The van der Waals surface area contributed by atoms with Crippen molar-refractivity contribution in [2.75, 3.05) is 18.5 Å². The van der Waals surface area contributed by atoms with Crippen LogP contribution in [0.25, 0.3) is 0 Å². The molecule has 1 aromatic carbocycles. The summed E-state index contributed by atoms with van der Waals surface area (Å²) in [6, 6.07) is 5.66. The fourth-order valence-corrected chi connectivity index (χ4v) is 2.15. The summed E-state index contributed by atoms with van der Waals surface area (Å²) in [7, 11) is 1.52. The summed E-state index contributed by atoms with van der Waals surface area (Å²) in [5.41, 5.74) is 8.40. The van der Waals surface area contributed by atoms with E-state index in [-0.39, 0.29) is 12.0 Å².